The van der Waals surface area contributed by atoms with Gasteiger partial charge in [-0.05, 0) is 0 Å². The standard InChI is InChI=1S/C7H11NO/c1-9-7-5-3-2-4-6(7)8/h2-7H,8H2,1H3. The monoisotopic (exact) mass is 125 g/mol. The molecule has 0 saturated heterocycles. The number of allylic oxidation sites excluding steroid dienone is 2. The van der Waals surface area contributed by atoms with Gasteiger partial charge in [0, 0.05) is 7.11 Å². The van der Waals surface area contributed by atoms with E-state index in [4.69, 9.17) is 10.5 Å². The third-order valence-electron chi connectivity index (χ3n) is 1.40. The molecule has 0 aromatic heterocycles. The Morgan fingerprint density at radius 1 is 1.33 bits per heavy atom. The normalized spacial score (nSPS) is 33.1. The molecule has 0 bridgehead atoms. The maximum Gasteiger partial charge on any atom is 0.0941 e. The molecule has 2 nitrogen and oxygen atoms in total. The maximum absolute atomic E-state index is 5.63. The van der Waals surface area contributed by atoms with Crippen LogP contribution in [0.4, 0.5) is 0 Å². The molecule has 0 saturated carbocycles. The van der Waals surface area contributed by atoms with Crippen molar-refractivity contribution in [2.24, 2.45) is 5.73 Å². The van der Waals surface area contributed by atoms with Gasteiger partial charge in [0.2, 0.25) is 0 Å². The van der Waals surface area contributed by atoms with E-state index in [0.717, 1.165) is 0 Å². The summed E-state index contributed by atoms with van der Waals surface area (Å²) in [7, 11) is 1.66. The molecule has 2 atom stereocenters. The van der Waals surface area contributed by atoms with Gasteiger partial charge in [-0.3, -0.25) is 0 Å². The fourth-order valence-corrected chi connectivity index (χ4v) is 0.840. The molecule has 0 heterocycles. The van der Waals surface area contributed by atoms with Gasteiger partial charge in [-0.1, -0.05) is 24.3 Å². The van der Waals surface area contributed by atoms with Crippen molar-refractivity contribution < 1.29 is 4.74 Å². The molecular weight excluding hydrogens is 114 g/mol. The molecule has 1 aliphatic rings. The second-order valence-electron chi connectivity index (χ2n) is 2.05. The van der Waals surface area contributed by atoms with Crippen molar-refractivity contribution in [1.29, 1.82) is 0 Å². The summed E-state index contributed by atoms with van der Waals surface area (Å²) in [5.74, 6) is 0. The average Bonchev–Trinajstić information content (AvgIpc) is 1.89. The highest BCUT2D eigenvalue weighted by atomic mass is 16.5. The van der Waals surface area contributed by atoms with Gasteiger partial charge in [0.25, 0.3) is 0 Å². The molecular formula is C7H11NO. The molecule has 2 unspecified atom stereocenters. The van der Waals surface area contributed by atoms with Crippen LogP contribution in [-0.4, -0.2) is 19.3 Å². The number of methoxy groups -OCH3 is 1. The van der Waals surface area contributed by atoms with Crippen LogP contribution in [0.3, 0.4) is 0 Å². The molecule has 1 aliphatic carbocycles. The molecule has 1 rings (SSSR count). The van der Waals surface area contributed by atoms with Gasteiger partial charge in [-0.2, -0.15) is 0 Å². The zero-order valence-corrected chi connectivity index (χ0v) is 5.45. The predicted octanol–water partition coefficient (Wildman–Crippen LogP) is 0.455. The smallest absolute Gasteiger partial charge is 0.0941 e. The van der Waals surface area contributed by atoms with E-state index in [-0.39, 0.29) is 12.1 Å². The third-order valence-corrected chi connectivity index (χ3v) is 1.40. The average molecular weight is 125 g/mol. The van der Waals surface area contributed by atoms with Crippen molar-refractivity contribution in [3.05, 3.63) is 24.3 Å². The minimum absolute atomic E-state index is 0.0278. The maximum atomic E-state index is 5.63. The van der Waals surface area contributed by atoms with Crippen LogP contribution < -0.4 is 5.73 Å². The second-order valence-corrected chi connectivity index (χ2v) is 2.05. The number of rotatable bonds is 1. The van der Waals surface area contributed by atoms with E-state index in [0.29, 0.717) is 0 Å². The summed E-state index contributed by atoms with van der Waals surface area (Å²) in [6, 6.07) is 0.0278. The van der Waals surface area contributed by atoms with E-state index in [1.54, 1.807) is 7.11 Å². The van der Waals surface area contributed by atoms with Crippen molar-refractivity contribution in [3.63, 3.8) is 0 Å². The molecule has 0 aliphatic heterocycles. The number of hydrogen-bond donors (Lipinski definition) is 1. The lowest BCUT2D eigenvalue weighted by Crippen LogP contribution is -2.33. The van der Waals surface area contributed by atoms with Gasteiger partial charge in [0.1, 0.15) is 0 Å². The van der Waals surface area contributed by atoms with Crippen LogP contribution in [0.15, 0.2) is 24.3 Å². The first kappa shape index (κ1) is 6.52. The van der Waals surface area contributed by atoms with Crippen LogP contribution >= 0.6 is 0 Å². The molecule has 0 amide bonds. The summed E-state index contributed by atoms with van der Waals surface area (Å²) in [6.07, 6.45) is 7.81. The Balaban J connectivity index is 2.55. The summed E-state index contributed by atoms with van der Waals surface area (Å²) in [4.78, 5) is 0. The summed E-state index contributed by atoms with van der Waals surface area (Å²) >= 11 is 0. The molecule has 2 N–H and O–H groups in total. The van der Waals surface area contributed by atoms with Gasteiger partial charge in [0.15, 0.2) is 0 Å². The number of hydrogen-bond acceptors (Lipinski definition) is 2. The first-order valence-electron chi connectivity index (χ1n) is 2.98. The van der Waals surface area contributed by atoms with Crippen LogP contribution in [0, 0.1) is 0 Å². The van der Waals surface area contributed by atoms with Crippen LogP contribution in [0.1, 0.15) is 0 Å². The largest absolute Gasteiger partial charge is 0.375 e. The molecule has 0 aromatic carbocycles. The Labute approximate surface area is 55.0 Å². The third kappa shape index (κ3) is 1.40. The van der Waals surface area contributed by atoms with Crippen molar-refractivity contribution in [3.8, 4) is 0 Å². The highest BCUT2D eigenvalue weighted by Gasteiger charge is 2.11. The van der Waals surface area contributed by atoms with Gasteiger partial charge < -0.3 is 10.5 Å². The Morgan fingerprint density at radius 3 is 2.44 bits per heavy atom. The minimum Gasteiger partial charge on any atom is -0.375 e. The van der Waals surface area contributed by atoms with Crippen LogP contribution in [-0.2, 0) is 4.74 Å². The van der Waals surface area contributed by atoms with E-state index < -0.39 is 0 Å². The van der Waals surface area contributed by atoms with Crippen LogP contribution in [0.5, 0.6) is 0 Å². The van der Waals surface area contributed by atoms with Gasteiger partial charge >= 0.3 is 0 Å². The highest BCUT2D eigenvalue weighted by Crippen LogP contribution is 2.04. The Morgan fingerprint density at radius 2 is 2.00 bits per heavy atom. The molecule has 0 spiro atoms. The first-order chi connectivity index (χ1) is 4.34. The van der Waals surface area contributed by atoms with Gasteiger partial charge in [0.05, 0.1) is 12.1 Å². The number of nitrogens with two attached hydrogens (primary N) is 1. The Hall–Kier alpha value is -0.600. The van der Waals surface area contributed by atoms with Gasteiger partial charge in [-0.15, -0.1) is 0 Å². The fraction of sp³-hybridized carbons (Fsp3) is 0.429. The SMILES string of the molecule is COC1C=CC=CC1N. The van der Waals surface area contributed by atoms with Crippen molar-refractivity contribution >= 4 is 0 Å². The first-order valence-corrected chi connectivity index (χ1v) is 2.98. The van der Waals surface area contributed by atoms with E-state index in [2.05, 4.69) is 0 Å². The predicted molar refractivity (Wildman–Crippen MR) is 37.1 cm³/mol. The van der Waals surface area contributed by atoms with Gasteiger partial charge in [-0.25, -0.2) is 0 Å². The van der Waals surface area contributed by atoms with Crippen molar-refractivity contribution in [1.82, 2.24) is 0 Å². The molecule has 0 aromatic rings. The van der Waals surface area contributed by atoms with E-state index >= 15 is 0 Å². The van der Waals surface area contributed by atoms with Crippen molar-refractivity contribution in [2.75, 3.05) is 7.11 Å². The van der Waals surface area contributed by atoms with E-state index in [1.807, 2.05) is 24.3 Å². The summed E-state index contributed by atoms with van der Waals surface area (Å²) in [6.45, 7) is 0. The topological polar surface area (TPSA) is 35.2 Å². The van der Waals surface area contributed by atoms with E-state index in [1.165, 1.54) is 0 Å². The molecule has 0 radical (unpaired) electrons. The quantitative estimate of drug-likeness (QED) is 0.552. The molecule has 0 fully saturated rings. The lowest BCUT2D eigenvalue weighted by molar-refractivity contribution is 0.129. The lowest BCUT2D eigenvalue weighted by Gasteiger charge is -2.17. The zero-order chi connectivity index (χ0) is 6.69. The van der Waals surface area contributed by atoms with Crippen LogP contribution in [0.2, 0.25) is 0 Å². The Kier molecular flexibility index (Phi) is 2.03. The Bertz CT molecular complexity index is 140. The molecule has 50 valence electrons. The fourth-order valence-electron chi connectivity index (χ4n) is 0.840. The van der Waals surface area contributed by atoms with E-state index in [9.17, 15) is 0 Å². The second kappa shape index (κ2) is 2.80. The zero-order valence-electron chi connectivity index (χ0n) is 5.45. The summed E-state index contributed by atoms with van der Waals surface area (Å²) in [5.41, 5.74) is 5.63. The minimum atomic E-state index is 0.0278. The lowest BCUT2D eigenvalue weighted by atomic mass is 10.1. The summed E-state index contributed by atoms with van der Waals surface area (Å²) in [5, 5.41) is 0. The highest BCUT2D eigenvalue weighted by molar-refractivity contribution is 5.17. The van der Waals surface area contributed by atoms with Crippen molar-refractivity contribution in [2.45, 2.75) is 12.1 Å². The molecule has 9 heavy (non-hydrogen) atoms. The summed E-state index contributed by atoms with van der Waals surface area (Å²) < 4.78 is 5.04. The number of ether oxygens (including phenoxy) is 1. The van der Waals surface area contributed by atoms with Crippen LogP contribution in [0.25, 0.3) is 0 Å². The molecule has 2 heteroatoms.